The number of hydrogen-bond acceptors (Lipinski definition) is 3. The van der Waals surface area contributed by atoms with E-state index in [0.29, 0.717) is 0 Å². The van der Waals surface area contributed by atoms with Gasteiger partial charge in [-0.1, -0.05) is 0 Å². The molecule has 112 valence electrons. The van der Waals surface area contributed by atoms with Crippen LogP contribution in [0.25, 0.3) is 11.1 Å². The second-order valence-electron chi connectivity index (χ2n) is 4.15. The number of ether oxygens (including phenoxy) is 2. The minimum absolute atomic E-state index is 0.00140. The van der Waals surface area contributed by atoms with Gasteiger partial charge in [0.05, 0.1) is 13.7 Å². The van der Waals surface area contributed by atoms with Crippen molar-refractivity contribution in [2.75, 3.05) is 13.7 Å². The number of halogens is 3. The predicted molar refractivity (Wildman–Crippen MR) is 71.1 cm³/mol. The summed E-state index contributed by atoms with van der Waals surface area (Å²) in [6.07, 6.45) is 0. The smallest absolute Gasteiger partial charge is 0.203 e. The summed E-state index contributed by atoms with van der Waals surface area (Å²) in [5, 5.41) is 9.72. The van der Waals surface area contributed by atoms with E-state index in [0.717, 1.165) is 12.1 Å². The number of methoxy groups -OCH3 is 1. The van der Waals surface area contributed by atoms with Crippen molar-refractivity contribution in [3.8, 4) is 28.4 Å². The third kappa shape index (κ3) is 2.61. The van der Waals surface area contributed by atoms with Gasteiger partial charge in [0, 0.05) is 11.1 Å². The molecule has 0 saturated heterocycles. The average molecular weight is 298 g/mol. The quantitative estimate of drug-likeness (QED) is 0.870. The fourth-order valence-electron chi connectivity index (χ4n) is 1.98. The maximum absolute atomic E-state index is 13.9. The van der Waals surface area contributed by atoms with Crippen LogP contribution in [0.3, 0.4) is 0 Å². The lowest BCUT2D eigenvalue weighted by Crippen LogP contribution is -2.00. The van der Waals surface area contributed by atoms with E-state index in [-0.39, 0.29) is 35.0 Å². The SMILES string of the molecule is CCOc1c(-c2ccc(F)c(F)c2F)ccc(O)c1OC. The predicted octanol–water partition coefficient (Wildman–Crippen LogP) is 3.88. The molecule has 0 unspecified atom stereocenters. The fraction of sp³-hybridized carbons (Fsp3) is 0.200. The Kier molecular flexibility index (Phi) is 4.26. The van der Waals surface area contributed by atoms with Crippen LogP contribution in [-0.2, 0) is 0 Å². The third-order valence-corrected chi connectivity index (χ3v) is 2.91. The van der Waals surface area contributed by atoms with Crippen molar-refractivity contribution in [1.29, 1.82) is 0 Å². The van der Waals surface area contributed by atoms with Crippen LogP contribution >= 0.6 is 0 Å². The van der Waals surface area contributed by atoms with E-state index in [1.165, 1.54) is 19.2 Å². The average Bonchev–Trinajstić information content (AvgIpc) is 2.47. The van der Waals surface area contributed by atoms with E-state index in [1.807, 2.05) is 0 Å². The summed E-state index contributed by atoms with van der Waals surface area (Å²) in [5.74, 6) is -4.32. The Morgan fingerprint density at radius 3 is 2.24 bits per heavy atom. The first-order chi connectivity index (χ1) is 10.0. The van der Waals surface area contributed by atoms with Gasteiger partial charge in [-0.2, -0.15) is 0 Å². The summed E-state index contributed by atoms with van der Waals surface area (Å²) in [4.78, 5) is 0. The summed E-state index contributed by atoms with van der Waals surface area (Å²) in [6.45, 7) is 1.91. The lowest BCUT2D eigenvalue weighted by molar-refractivity contribution is 0.301. The molecule has 0 aliphatic heterocycles. The monoisotopic (exact) mass is 298 g/mol. The zero-order valence-corrected chi connectivity index (χ0v) is 11.4. The molecule has 0 bridgehead atoms. The van der Waals surface area contributed by atoms with Crippen molar-refractivity contribution in [1.82, 2.24) is 0 Å². The zero-order valence-electron chi connectivity index (χ0n) is 11.4. The van der Waals surface area contributed by atoms with Crippen molar-refractivity contribution in [2.45, 2.75) is 6.92 Å². The van der Waals surface area contributed by atoms with Gasteiger partial charge in [-0.05, 0) is 31.2 Å². The molecular weight excluding hydrogens is 285 g/mol. The fourth-order valence-corrected chi connectivity index (χ4v) is 1.98. The number of rotatable bonds is 4. The Hall–Kier alpha value is -2.37. The Labute approximate surface area is 119 Å². The van der Waals surface area contributed by atoms with Gasteiger partial charge in [0.2, 0.25) is 5.75 Å². The highest BCUT2D eigenvalue weighted by atomic mass is 19.2. The Morgan fingerprint density at radius 2 is 1.62 bits per heavy atom. The van der Waals surface area contributed by atoms with Crippen LogP contribution in [0.5, 0.6) is 17.2 Å². The number of phenolic OH excluding ortho intramolecular Hbond substituents is 1. The highest BCUT2D eigenvalue weighted by Crippen LogP contribution is 2.44. The standard InChI is InChI=1S/C15H13F3O3/c1-3-21-14-9(5-7-11(19)15(14)20-2)8-4-6-10(16)13(18)12(8)17/h4-7,19H,3H2,1-2H3. The number of aromatic hydroxyl groups is 1. The number of phenols is 1. The van der Waals surface area contributed by atoms with E-state index in [4.69, 9.17) is 9.47 Å². The molecule has 1 N–H and O–H groups in total. The van der Waals surface area contributed by atoms with Crippen LogP contribution in [0.4, 0.5) is 13.2 Å². The molecule has 0 amide bonds. The van der Waals surface area contributed by atoms with Gasteiger partial charge in [-0.25, -0.2) is 13.2 Å². The summed E-state index contributed by atoms with van der Waals surface area (Å²) in [5.41, 5.74) is -0.0291. The Balaban J connectivity index is 2.72. The van der Waals surface area contributed by atoms with Crippen molar-refractivity contribution in [3.05, 3.63) is 41.7 Å². The summed E-state index contributed by atoms with van der Waals surface area (Å²) < 4.78 is 50.7. The molecule has 21 heavy (non-hydrogen) atoms. The zero-order chi connectivity index (χ0) is 15.6. The Morgan fingerprint density at radius 1 is 0.952 bits per heavy atom. The van der Waals surface area contributed by atoms with Gasteiger partial charge in [0.1, 0.15) is 0 Å². The normalized spacial score (nSPS) is 10.5. The Bertz CT molecular complexity index is 672. The van der Waals surface area contributed by atoms with Crippen molar-refractivity contribution >= 4 is 0 Å². The third-order valence-electron chi connectivity index (χ3n) is 2.91. The van der Waals surface area contributed by atoms with E-state index >= 15 is 0 Å². The minimum Gasteiger partial charge on any atom is -0.504 e. The van der Waals surface area contributed by atoms with Crippen LogP contribution in [-0.4, -0.2) is 18.8 Å². The highest BCUT2D eigenvalue weighted by molar-refractivity contribution is 5.76. The molecule has 0 atom stereocenters. The number of hydrogen-bond donors (Lipinski definition) is 1. The van der Waals surface area contributed by atoms with Crippen LogP contribution in [0, 0.1) is 17.5 Å². The number of benzene rings is 2. The van der Waals surface area contributed by atoms with E-state index in [9.17, 15) is 18.3 Å². The molecule has 0 spiro atoms. The molecule has 3 nitrogen and oxygen atoms in total. The molecule has 6 heteroatoms. The van der Waals surface area contributed by atoms with Gasteiger partial charge in [0.15, 0.2) is 29.0 Å². The molecule has 0 aromatic heterocycles. The van der Waals surface area contributed by atoms with Crippen molar-refractivity contribution in [2.24, 2.45) is 0 Å². The molecule has 0 saturated carbocycles. The maximum Gasteiger partial charge on any atom is 0.203 e. The van der Waals surface area contributed by atoms with E-state index in [2.05, 4.69) is 0 Å². The molecular formula is C15H13F3O3. The molecule has 0 fully saturated rings. The molecule has 2 aromatic carbocycles. The molecule has 0 radical (unpaired) electrons. The van der Waals surface area contributed by atoms with Gasteiger partial charge in [0.25, 0.3) is 0 Å². The lowest BCUT2D eigenvalue weighted by Gasteiger charge is -2.16. The molecule has 2 aromatic rings. The van der Waals surface area contributed by atoms with Gasteiger partial charge < -0.3 is 14.6 Å². The largest absolute Gasteiger partial charge is 0.504 e. The molecule has 0 heterocycles. The van der Waals surface area contributed by atoms with Crippen LogP contribution < -0.4 is 9.47 Å². The summed E-state index contributed by atoms with van der Waals surface area (Å²) in [7, 11) is 1.31. The van der Waals surface area contributed by atoms with E-state index < -0.39 is 17.5 Å². The molecule has 0 aliphatic carbocycles. The second-order valence-corrected chi connectivity index (χ2v) is 4.15. The summed E-state index contributed by atoms with van der Waals surface area (Å²) in [6, 6.07) is 4.53. The summed E-state index contributed by atoms with van der Waals surface area (Å²) >= 11 is 0. The minimum atomic E-state index is -1.57. The van der Waals surface area contributed by atoms with Crippen molar-refractivity contribution < 1.29 is 27.8 Å². The first-order valence-corrected chi connectivity index (χ1v) is 6.17. The molecule has 0 aliphatic rings. The van der Waals surface area contributed by atoms with Gasteiger partial charge >= 0.3 is 0 Å². The van der Waals surface area contributed by atoms with Crippen LogP contribution in [0.1, 0.15) is 6.92 Å². The lowest BCUT2D eigenvalue weighted by atomic mass is 10.0. The topological polar surface area (TPSA) is 38.7 Å². The second kappa shape index (κ2) is 5.95. The maximum atomic E-state index is 13.9. The van der Waals surface area contributed by atoms with Crippen molar-refractivity contribution in [3.63, 3.8) is 0 Å². The molecule has 2 rings (SSSR count). The van der Waals surface area contributed by atoms with Crippen LogP contribution in [0.2, 0.25) is 0 Å². The first-order valence-electron chi connectivity index (χ1n) is 6.17. The van der Waals surface area contributed by atoms with Gasteiger partial charge in [-0.15, -0.1) is 0 Å². The first kappa shape index (κ1) is 15.0. The highest BCUT2D eigenvalue weighted by Gasteiger charge is 2.21. The van der Waals surface area contributed by atoms with Gasteiger partial charge in [-0.3, -0.25) is 0 Å². The van der Waals surface area contributed by atoms with E-state index in [1.54, 1.807) is 6.92 Å². The van der Waals surface area contributed by atoms with Crippen LogP contribution in [0.15, 0.2) is 24.3 Å².